The molecule has 114 valence electrons. The van der Waals surface area contributed by atoms with Crippen molar-refractivity contribution in [3.63, 3.8) is 0 Å². The fourth-order valence-electron chi connectivity index (χ4n) is 3.03. The Labute approximate surface area is 132 Å². The molecular formula is C19H22N2O. The van der Waals surface area contributed by atoms with Gasteiger partial charge in [-0.2, -0.15) is 4.74 Å². The van der Waals surface area contributed by atoms with Gasteiger partial charge in [-0.3, -0.25) is 0 Å². The summed E-state index contributed by atoms with van der Waals surface area (Å²) in [6.45, 7) is 3.85. The molecule has 0 saturated carbocycles. The van der Waals surface area contributed by atoms with Gasteiger partial charge in [0.05, 0.1) is 6.54 Å². The first-order chi connectivity index (χ1) is 10.8. The van der Waals surface area contributed by atoms with E-state index in [2.05, 4.69) is 11.8 Å². The molecular weight excluding hydrogens is 272 g/mol. The number of hydroxylamine groups is 1. The lowest BCUT2D eigenvalue weighted by molar-refractivity contribution is -0.522. The summed E-state index contributed by atoms with van der Waals surface area (Å²) in [6, 6.07) is 20.1. The molecule has 1 unspecified atom stereocenters. The van der Waals surface area contributed by atoms with Crippen LogP contribution in [0.2, 0.25) is 0 Å². The van der Waals surface area contributed by atoms with Crippen molar-refractivity contribution >= 4 is 5.71 Å². The smallest absolute Gasteiger partial charge is 0.246 e. The molecule has 0 radical (unpaired) electrons. The SMILES string of the molecule is CCCCN1CC(c2ccccc2)=[N+]([O-])C1c1ccccc1. The summed E-state index contributed by atoms with van der Waals surface area (Å²) < 4.78 is 1.19. The fraction of sp³-hybridized carbons (Fsp3) is 0.316. The van der Waals surface area contributed by atoms with E-state index in [9.17, 15) is 5.21 Å². The topological polar surface area (TPSA) is 29.3 Å². The molecule has 0 N–H and O–H groups in total. The highest BCUT2D eigenvalue weighted by Crippen LogP contribution is 2.28. The first-order valence-corrected chi connectivity index (χ1v) is 7.98. The fourth-order valence-corrected chi connectivity index (χ4v) is 3.03. The van der Waals surface area contributed by atoms with Crippen molar-refractivity contribution in [2.75, 3.05) is 13.1 Å². The van der Waals surface area contributed by atoms with Crippen LogP contribution in [0.25, 0.3) is 0 Å². The van der Waals surface area contributed by atoms with E-state index in [1.54, 1.807) is 0 Å². The van der Waals surface area contributed by atoms with Crippen molar-refractivity contribution in [1.82, 2.24) is 4.90 Å². The van der Waals surface area contributed by atoms with E-state index >= 15 is 0 Å². The highest BCUT2D eigenvalue weighted by atomic mass is 16.5. The summed E-state index contributed by atoms with van der Waals surface area (Å²) in [5.74, 6) is 0. The molecule has 0 saturated heterocycles. The molecule has 1 heterocycles. The predicted octanol–water partition coefficient (Wildman–Crippen LogP) is 3.80. The Morgan fingerprint density at radius 2 is 1.68 bits per heavy atom. The molecule has 0 fully saturated rings. The Morgan fingerprint density at radius 3 is 2.32 bits per heavy atom. The summed E-state index contributed by atoms with van der Waals surface area (Å²) in [7, 11) is 0. The van der Waals surface area contributed by atoms with Crippen LogP contribution in [0.5, 0.6) is 0 Å². The van der Waals surface area contributed by atoms with Gasteiger partial charge in [0.25, 0.3) is 0 Å². The zero-order valence-electron chi connectivity index (χ0n) is 13.0. The predicted molar refractivity (Wildman–Crippen MR) is 89.8 cm³/mol. The molecule has 2 aromatic carbocycles. The van der Waals surface area contributed by atoms with Crippen molar-refractivity contribution in [2.45, 2.75) is 25.9 Å². The number of nitrogens with zero attached hydrogens (tertiary/aromatic N) is 2. The molecule has 1 aliphatic rings. The van der Waals surface area contributed by atoms with Gasteiger partial charge in [0.15, 0.2) is 0 Å². The Balaban J connectivity index is 1.96. The first-order valence-electron chi connectivity index (χ1n) is 7.98. The van der Waals surface area contributed by atoms with Crippen LogP contribution in [0.4, 0.5) is 0 Å². The molecule has 1 atom stereocenters. The van der Waals surface area contributed by atoms with Gasteiger partial charge >= 0.3 is 0 Å². The van der Waals surface area contributed by atoms with Crippen LogP contribution in [0, 0.1) is 5.21 Å². The summed E-state index contributed by atoms with van der Waals surface area (Å²) in [5, 5.41) is 12.9. The minimum atomic E-state index is -0.206. The Hall–Kier alpha value is -2.13. The van der Waals surface area contributed by atoms with Crippen molar-refractivity contribution in [1.29, 1.82) is 0 Å². The van der Waals surface area contributed by atoms with Crippen LogP contribution in [0.3, 0.4) is 0 Å². The average molecular weight is 294 g/mol. The van der Waals surface area contributed by atoms with Crippen LogP contribution in [-0.4, -0.2) is 28.4 Å². The van der Waals surface area contributed by atoms with Crippen molar-refractivity contribution in [3.8, 4) is 0 Å². The zero-order chi connectivity index (χ0) is 15.4. The van der Waals surface area contributed by atoms with Crippen molar-refractivity contribution in [2.24, 2.45) is 0 Å². The second-order valence-electron chi connectivity index (χ2n) is 5.75. The highest BCUT2D eigenvalue weighted by Gasteiger charge is 2.37. The van der Waals surface area contributed by atoms with Crippen molar-refractivity contribution in [3.05, 3.63) is 77.0 Å². The molecule has 2 aromatic rings. The van der Waals surface area contributed by atoms with Crippen LogP contribution >= 0.6 is 0 Å². The lowest BCUT2D eigenvalue weighted by Crippen LogP contribution is -2.29. The molecule has 0 bridgehead atoms. The highest BCUT2D eigenvalue weighted by molar-refractivity contribution is 5.99. The van der Waals surface area contributed by atoms with E-state index in [1.165, 1.54) is 4.74 Å². The summed E-state index contributed by atoms with van der Waals surface area (Å²) >= 11 is 0. The Kier molecular flexibility index (Phi) is 4.54. The Morgan fingerprint density at radius 1 is 1.05 bits per heavy atom. The van der Waals surface area contributed by atoms with Gasteiger partial charge in [-0.25, -0.2) is 4.90 Å². The lowest BCUT2D eigenvalue weighted by atomic mass is 10.1. The van der Waals surface area contributed by atoms with E-state index in [1.807, 2.05) is 60.7 Å². The molecule has 1 aliphatic heterocycles. The van der Waals surface area contributed by atoms with E-state index in [0.717, 1.165) is 36.2 Å². The number of hydrogen-bond acceptors (Lipinski definition) is 2. The van der Waals surface area contributed by atoms with Crippen LogP contribution in [-0.2, 0) is 0 Å². The average Bonchev–Trinajstić information content (AvgIpc) is 2.91. The number of hydrogen-bond donors (Lipinski definition) is 0. The molecule has 3 heteroatoms. The number of unbranched alkanes of at least 4 members (excludes halogenated alkanes) is 1. The van der Waals surface area contributed by atoms with Gasteiger partial charge in [0.2, 0.25) is 11.9 Å². The van der Waals surface area contributed by atoms with E-state index < -0.39 is 0 Å². The summed E-state index contributed by atoms with van der Waals surface area (Å²) in [6.07, 6.45) is 2.04. The zero-order valence-corrected chi connectivity index (χ0v) is 13.0. The normalized spacial score (nSPS) is 18.9. The maximum absolute atomic E-state index is 12.9. The molecule has 0 aliphatic carbocycles. The third-order valence-electron chi connectivity index (χ3n) is 4.19. The van der Waals surface area contributed by atoms with Crippen LogP contribution < -0.4 is 0 Å². The second-order valence-corrected chi connectivity index (χ2v) is 5.75. The van der Waals surface area contributed by atoms with Gasteiger partial charge in [-0.15, -0.1) is 0 Å². The molecule has 0 spiro atoms. The van der Waals surface area contributed by atoms with E-state index in [0.29, 0.717) is 6.54 Å². The van der Waals surface area contributed by atoms with Crippen LogP contribution in [0.15, 0.2) is 60.7 Å². The van der Waals surface area contributed by atoms with Gasteiger partial charge in [-0.05, 0) is 18.6 Å². The maximum atomic E-state index is 12.9. The minimum Gasteiger partial charge on any atom is -0.622 e. The number of benzene rings is 2. The third-order valence-corrected chi connectivity index (χ3v) is 4.19. The third kappa shape index (κ3) is 2.90. The maximum Gasteiger partial charge on any atom is 0.246 e. The summed E-state index contributed by atoms with van der Waals surface area (Å²) in [5.41, 5.74) is 2.96. The molecule has 22 heavy (non-hydrogen) atoms. The quantitative estimate of drug-likeness (QED) is 0.620. The van der Waals surface area contributed by atoms with E-state index in [-0.39, 0.29) is 6.17 Å². The van der Waals surface area contributed by atoms with Gasteiger partial charge in [0, 0.05) is 17.7 Å². The monoisotopic (exact) mass is 294 g/mol. The molecule has 3 rings (SSSR count). The van der Waals surface area contributed by atoms with Crippen LogP contribution in [0.1, 0.15) is 37.1 Å². The van der Waals surface area contributed by atoms with E-state index in [4.69, 9.17) is 0 Å². The standard InChI is InChI=1S/C19H22N2O/c1-2-3-14-20-15-18(16-10-6-4-7-11-16)21(22)19(20)17-12-8-5-9-13-17/h4-13,19H,2-3,14-15H2,1H3. The number of rotatable bonds is 5. The van der Waals surface area contributed by atoms with Gasteiger partial charge in [-0.1, -0.05) is 61.9 Å². The minimum absolute atomic E-state index is 0.206. The molecule has 3 nitrogen and oxygen atoms in total. The molecule has 0 aromatic heterocycles. The van der Waals surface area contributed by atoms with Gasteiger partial charge < -0.3 is 5.21 Å². The first kappa shape index (κ1) is 14.8. The lowest BCUT2D eigenvalue weighted by Gasteiger charge is -2.22. The van der Waals surface area contributed by atoms with Gasteiger partial charge in [0.1, 0.15) is 0 Å². The summed E-state index contributed by atoms with van der Waals surface area (Å²) in [4.78, 5) is 2.29. The second kappa shape index (κ2) is 6.75. The largest absolute Gasteiger partial charge is 0.622 e. The molecule has 0 amide bonds. The van der Waals surface area contributed by atoms with Crippen molar-refractivity contribution < 1.29 is 4.74 Å². The Bertz CT molecular complexity index is 637.